The van der Waals surface area contributed by atoms with Crippen molar-refractivity contribution in [1.82, 2.24) is 15.1 Å². The second-order valence-corrected chi connectivity index (χ2v) is 6.43. The van der Waals surface area contributed by atoms with Crippen LogP contribution in [0.3, 0.4) is 0 Å². The molecule has 1 aliphatic rings. The number of nitrogens with zero attached hydrogens (tertiary/aromatic N) is 2. The molecular formula is C17H21FN4O2. The van der Waals surface area contributed by atoms with Crippen molar-refractivity contribution in [2.24, 2.45) is 5.73 Å². The summed E-state index contributed by atoms with van der Waals surface area (Å²) in [4.78, 5) is 13.2. The van der Waals surface area contributed by atoms with Crippen LogP contribution in [0.2, 0.25) is 0 Å². The molecule has 128 valence electrons. The monoisotopic (exact) mass is 332 g/mol. The fourth-order valence-electron chi connectivity index (χ4n) is 3.38. The van der Waals surface area contributed by atoms with Crippen molar-refractivity contribution in [3.8, 4) is 11.3 Å². The number of H-pyrrole nitrogens is 1. The Morgan fingerprint density at radius 3 is 3.00 bits per heavy atom. The summed E-state index contributed by atoms with van der Waals surface area (Å²) in [5.74, 6) is -0.818. The average molecular weight is 332 g/mol. The van der Waals surface area contributed by atoms with Crippen LogP contribution >= 0.6 is 0 Å². The molecule has 2 heterocycles. The minimum absolute atomic E-state index is 0.0466. The maximum atomic E-state index is 14.0. The molecule has 6 nitrogen and oxygen atoms in total. The summed E-state index contributed by atoms with van der Waals surface area (Å²) in [5, 5.41) is 17.4. The van der Waals surface area contributed by atoms with Gasteiger partial charge < -0.3 is 10.8 Å². The number of β-amino-alcohol motifs (C(OH)–C–C–N with tert-alkyl or cyclic N) is 1. The average Bonchev–Trinajstić information content (AvgIpc) is 2.94. The van der Waals surface area contributed by atoms with E-state index in [0.717, 1.165) is 18.5 Å². The van der Waals surface area contributed by atoms with Crippen molar-refractivity contribution >= 4 is 5.91 Å². The van der Waals surface area contributed by atoms with Crippen molar-refractivity contribution in [3.63, 3.8) is 0 Å². The van der Waals surface area contributed by atoms with Crippen molar-refractivity contribution in [2.75, 3.05) is 13.1 Å². The predicted octanol–water partition coefficient (Wildman–Crippen LogP) is 1.42. The highest BCUT2D eigenvalue weighted by molar-refractivity contribution is 5.75. The van der Waals surface area contributed by atoms with Crippen molar-refractivity contribution in [2.45, 2.75) is 31.4 Å². The zero-order valence-electron chi connectivity index (χ0n) is 13.3. The summed E-state index contributed by atoms with van der Waals surface area (Å²) in [6.45, 7) is 1.67. The van der Waals surface area contributed by atoms with Gasteiger partial charge in [-0.2, -0.15) is 5.10 Å². The van der Waals surface area contributed by atoms with E-state index in [1.165, 1.54) is 6.07 Å². The summed E-state index contributed by atoms with van der Waals surface area (Å²) in [6, 6.07) is 6.53. The molecule has 1 fully saturated rings. The van der Waals surface area contributed by atoms with Gasteiger partial charge in [0.15, 0.2) is 0 Å². The van der Waals surface area contributed by atoms with Crippen LogP contribution in [0.5, 0.6) is 0 Å². The number of likely N-dealkylation sites (tertiary alicyclic amines) is 1. The number of hydrogen-bond acceptors (Lipinski definition) is 4. The number of aromatic amines is 1. The molecule has 1 saturated heterocycles. The highest BCUT2D eigenvalue weighted by Crippen LogP contribution is 2.28. The number of hydrogen-bond donors (Lipinski definition) is 3. The summed E-state index contributed by atoms with van der Waals surface area (Å²) >= 11 is 0. The standard InChI is InChI=1S/C17H21FN4O2/c18-14-5-2-1-4-13(14)16-12(9-20-21-16)10-22-7-3-6-17(24,11-22)8-15(19)23/h1-2,4-5,9,24H,3,6-8,10-11H2,(H2,19,23)(H,20,21). The van der Waals surface area contributed by atoms with Gasteiger partial charge in [-0.25, -0.2) is 4.39 Å². The van der Waals surface area contributed by atoms with Gasteiger partial charge in [0.05, 0.1) is 23.9 Å². The molecule has 7 heteroatoms. The van der Waals surface area contributed by atoms with Gasteiger partial charge in [0.25, 0.3) is 0 Å². The van der Waals surface area contributed by atoms with E-state index in [-0.39, 0.29) is 12.2 Å². The van der Waals surface area contributed by atoms with Crippen LogP contribution in [-0.4, -0.2) is 44.8 Å². The number of nitrogens with two attached hydrogens (primary N) is 1. The zero-order valence-corrected chi connectivity index (χ0v) is 13.3. The normalized spacial score (nSPS) is 21.8. The van der Waals surface area contributed by atoms with E-state index in [2.05, 4.69) is 10.2 Å². The number of piperidine rings is 1. The highest BCUT2D eigenvalue weighted by Gasteiger charge is 2.35. The number of nitrogens with one attached hydrogen (secondary N) is 1. The van der Waals surface area contributed by atoms with Gasteiger partial charge >= 0.3 is 0 Å². The molecule has 1 aromatic heterocycles. The smallest absolute Gasteiger partial charge is 0.220 e. The fourth-order valence-corrected chi connectivity index (χ4v) is 3.38. The van der Waals surface area contributed by atoms with Gasteiger partial charge in [0.2, 0.25) is 5.91 Å². The lowest BCUT2D eigenvalue weighted by atomic mass is 9.89. The molecule has 0 bridgehead atoms. The molecular weight excluding hydrogens is 311 g/mol. The number of aliphatic hydroxyl groups is 1. The van der Waals surface area contributed by atoms with Gasteiger partial charge in [-0.3, -0.25) is 14.8 Å². The summed E-state index contributed by atoms with van der Waals surface area (Å²) in [5.41, 5.74) is 6.09. The molecule has 3 rings (SSSR count). The van der Waals surface area contributed by atoms with Crippen LogP contribution in [0.15, 0.2) is 30.5 Å². The maximum Gasteiger partial charge on any atom is 0.220 e. The fraction of sp³-hybridized carbons (Fsp3) is 0.412. The molecule has 24 heavy (non-hydrogen) atoms. The topological polar surface area (TPSA) is 95.2 Å². The summed E-state index contributed by atoms with van der Waals surface area (Å²) in [6.07, 6.45) is 2.95. The van der Waals surface area contributed by atoms with Crippen molar-refractivity contribution < 1.29 is 14.3 Å². The Hall–Kier alpha value is -2.25. The van der Waals surface area contributed by atoms with Gasteiger partial charge in [-0.1, -0.05) is 12.1 Å². The first-order chi connectivity index (χ1) is 11.5. The zero-order chi connectivity index (χ0) is 17.2. The first-order valence-corrected chi connectivity index (χ1v) is 7.97. The minimum atomic E-state index is -1.09. The Balaban J connectivity index is 1.77. The molecule has 1 aromatic carbocycles. The largest absolute Gasteiger partial charge is 0.388 e. The molecule has 0 aliphatic carbocycles. The third-order valence-electron chi connectivity index (χ3n) is 4.39. The van der Waals surface area contributed by atoms with E-state index >= 15 is 0 Å². The number of halogens is 1. The van der Waals surface area contributed by atoms with Crippen LogP contribution in [-0.2, 0) is 11.3 Å². The Morgan fingerprint density at radius 1 is 1.46 bits per heavy atom. The van der Waals surface area contributed by atoms with Gasteiger partial charge in [0.1, 0.15) is 5.82 Å². The molecule has 2 aromatic rings. The van der Waals surface area contributed by atoms with E-state index < -0.39 is 11.5 Å². The maximum absolute atomic E-state index is 14.0. The Bertz CT molecular complexity index is 733. The first-order valence-electron chi connectivity index (χ1n) is 7.97. The van der Waals surface area contributed by atoms with Gasteiger partial charge in [-0.15, -0.1) is 0 Å². The highest BCUT2D eigenvalue weighted by atomic mass is 19.1. The number of amides is 1. The lowest BCUT2D eigenvalue weighted by Gasteiger charge is -2.38. The lowest BCUT2D eigenvalue weighted by molar-refractivity contribution is -0.125. The van der Waals surface area contributed by atoms with E-state index in [9.17, 15) is 14.3 Å². The molecule has 1 atom stereocenters. The number of carbonyl (C=O) groups is 1. The second-order valence-electron chi connectivity index (χ2n) is 6.43. The summed E-state index contributed by atoms with van der Waals surface area (Å²) in [7, 11) is 0. The number of aromatic nitrogens is 2. The molecule has 1 amide bonds. The van der Waals surface area contributed by atoms with Crippen molar-refractivity contribution in [1.29, 1.82) is 0 Å². The number of rotatable bonds is 5. The van der Waals surface area contributed by atoms with Crippen LogP contribution in [0.1, 0.15) is 24.8 Å². The third kappa shape index (κ3) is 3.63. The lowest BCUT2D eigenvalue weighted by Crippen LogP contribution is -2.49. The number of carbonyl (C=O) groups excluding carboxylic acids is 1. The number of benzene rings is 1. The predicted molar refractivity (Wildman–Crippen MR) is 87.3 cm³/mol. The van der Waals surface area contributed by atoms with Crippen LogP contribution in [0.4, 0.5) is 4.39 Å². The quantitative estimate of drug-likeness (QED) is 0.771. The SMILES string of the molecule is NC(=O)CC1(O)CCCN(Cc2cn[nH]c2-c2ccccc2F)C1. The van der Waals surface area contributed by atoms with Crippen LogP contribution in [0, 0.1) is 5.82 Å². The van der Waals surface area contributed by atoms with Gasteiger partial charge in [-0.05, 0) is 31.5 Å². The Morgan fingerprint density at radius 2 is 2.25 bits per heavy atom. The van der Waals surface area contributed by atoms with Gasteiger partial charge in [0, 0.05) is 24.2 Å². The molecule has 0 saturated carbocycles. The second kappa shape index (κ2) is 6.70. The van der Waals surface area contributed by atoms with Crippen LogP contribution < -0.4 is 5.73 Å². The molecule has 0 radical (unpaired) electrons. The molecule has 0 spiro atoms. The Labute approximate surface area is 139 Å². The first kappa shape index (κ1) is 16.6. The third-order valence-corrected chi connectivity index (χ3v) is 4.39. The molecule has 4 N–H and O–H groups in total. The van der Waals surface area contributed by atoms with E-state index in [0.29, 0.717) is 30.8 Å². The molecule has 1 unspecified atom stereocenters. The van der Waals surface area contributed by atoms with E-state index in [4.69, 9.17) is 5.73 Å². The van der Waals surface area contributed by atoms with E-state index in [1.807, 2.05) is 4.90 Å². The Kier molecular flexibility index (Phi) is 4.64. The number of primary amides is 1. The minimum Gasteiger partial charge on any atom is -0.388 e. The van der Waals surface area contributed by atoms with Crippen LogP contribution in [0.25, 0.3) is 11.3 Å². The van der Waals surface area contributed by atoms with E-state index in [1.54, 1.807) is 24.4 Å². The summed E-state index contributed by atoms with van der Waals surface area (Å²) < 4.78 is 14.0. The molecule has 1 aliphatic heterocycles. The van der Waals surface area contributed by atoms with Crippen molar-refractivity contribution in [3.05, 3.63) is 41.8 Å².